The lowest BCUT2D eigenvalue weighted by atomic mass is 10.9. The Labute approximate surface area is 78.8 Å². The zero-order valence-electron chi connectivity index (χ0n) is 7.96. The van der Waals surface area contributed by atoms with Gasteiger partial charge in [0.2, 0.25) is 0 Å². The van der Waals surface area contributed by atoms with E-state index >= 15 is 0 Å². The van der Waals surface area contributed by atoms with Gasteiger partial charge in [0.15, 0.2) is 0 Å². The van der Waals surface area contributed by atoms with Crippen molar-refractivity contribution in [3.63, 3.8) is 0 Å². The van der Waals surface area contributed by atoms with E-state index in [0.717, 1.165) is 0 Å². The molecule has 5 nitrogen and oxygen atoms in total. The minimum Gasteiger partial charge on any atom is -0.482 e. The Morgan fingerprint density at radius 1 is 1.15 bits per heavy atom. The highest BCUT2D eigenvalue weighted by Crippen LogP contribution is 1.93. The van der Waals surface area contributed by atoms with Gasteiger partial charge in [0.25, 0.3) is 11.9 Å². The second-order valence-electron chi connectivity index (χ2n) is 2.20. The molecule has 0 aromatic heterocycles. The maximum atomic E-state index is 10.6. The number of carbonyl (C=O) groups is 2. The van der Waals surface area contributed by atoms with Crippen LogP contribution >= 0.6 is 0 Å². The third kappa shape index (κ3) is 7.48. The maximum Gasteiger partial charge on any atom is 0.564 e. The first-order chi connectivity index (χ1) is 6.06. The fraction of sp³-hybridized carbons (Fsp3) is 0.714. The Balaban J connectivity index is 3.87. The van der Waals surface area contributed by atoms with E-state index in [-0.39, 0.29) is 6.23 Å². The van der Waals surface area contributed by atoms with Gasteiger partial charge in [0, 0.05) is 20.5 Å². The molecule has 0 aliphatic heterocycles. The second-order valence-corrected chi connectivity index (χ2v) is 3.64. The second kappa shape index (κ2) is 6.61. The molecule has 0 bridgehead atoms. The zero-order chi connectivity index (χ0) is 10.3. The highest BCUT2D eigenvalue weighted by molar-refractivity contribution is 6.48. The summed E-state index contributed by atoms with van der Waals surface area (Å²) in [5, 5.41) is 0. The normalized spacial score (nSPS) is 9.85. The van der Waals surface area contributed by atoms with Crippen LogP contribution in [0.4, 0.5) is 0 Å². The van der Waals surface area contributed by atoms with E-state index in [9.17, 15) is 9.59 Å². The molecule has 0 amide bonds. The molecule has 0 saturated heterocycles. The Morgan fingerprint density at radius 3 is 1.92 bits per heavy atom. The quantitative estimate of drug-likeness (QED) is 0.599. The minimum atomic E-state index is -1.93. The Bertz CT molecular complexity index is 166. The van der Waals surface area contributed by atoms with Crippen molar-refractivity contribution in [2.45, 2.75) is 20.8 Å². The maximum absolute atomic E-state index is 10.6. The number of hydrogen-bond acceptors (Lipinski definition) is 5. The molecule has 0 N–H and O–H groups in total. The lowest BCUT2D eigenvalue weighted by Gasteiger charge is -2.11. The Hall–Kier alpha value is -0.883. The third-order valence-corrected chi connectivity index (χ3v) is 2.41. The summed E-state index contributed by atoms with van der Waals surface area (Å²) in [5.74, 6) is -0.926. The summed E-state index contributed by atoms with van der Waals surface area (Å²) in [7, 11) is -1.93. The topological polar surface area (TPSA) is 61.8 Å². The van der Waals surface area contributed by atoms with Crippen LogP contribution in [0.25, 0.3) is 0 Å². The van der Waals surface area contributed by atoms with Crippen molar-refractivity contribution in [3.05, 3.63) is 0 Å². The van der Waals surface area contributed by atoms with Gasteiger partial charge in [-0.1, -0.05) is 0 Å². The number of rotatable bonds is 5. The zero-order valence-corrected chi connectivity index (χ0v) is 8.96. The van der Waals surface area contributed by atoms with Gasteiger partial charge in [0.1, 0.15) is 6.23 Å². The van der Waals surface area contributed by atoms with Crippen molar-refractivity contribution in [3.8, 4) is 0 Å². The van der Waals surface area contributed by atoms with Crippen LogP contribution in [-0.2, 0) is 23.2 Å². The van der Waals surface area contributed by atoms with E-state index in [0.29, 0.717) is 6.61 Å². The summed E-state index contributed by atoms with van der Waals surface area (Å²) >= 11 is 0. The first kappa shape index (κ1) is 12.1. The van der Waals surface area contributed by atoms with Crippen molar-refractivity contribution < 1.29 is 23.2 Å². The molecule has 0 atom stereocenters. The van der Waals surface area contributed by atoms with Crippen LogP contribution in [0.1, 0.15) is 20.8 Å². The SMILES string of the molecule is CCOC[Si](OC(C)=O)OC(C)=O. The van der Waals surface area contributed by atoms with Gasteiger partial charge in [-0.15, -0.1) is 0 Å². The minimum absolute atomic E-state index is 0.167. The fourth-order valence-electron chi connectivity index (χ4n) is 0.586. The summed E-state index contributed by atoms with van der Waals surface area (Å²) in [4.78, 5) is 21.1. The van der Waals surface area contributed by atoms with E-state index in [4.69, 9.17) is 13.6 Å². The van der Waals surface area contributed by atoms with Crippen LogP contribution < -0.4 is 0 Å². The van der Waals surface area contributed by atoms with Crippen molar-refractivity contribution in [1.82, 2.24) is 0 Å². The van der Waals surface area contributed by atoms with Crippen LogP contribution in [0, 0.1) is 0 Å². The van der Waals surface area contributed by atoms with E-state index in [2.05, 4.69) is 0 Å². The van der Waals surface area contributed by atoms with E-state index in [1.165, 1.54) is 13.8 Å². The average molecular weight is 205 g/mol. The largest absolute Gasteiger partial charge is 0.564 e. The molecule has 6 heteroatoms. The number of carbonyl (C=O) groups excluding carboxylic acids is 2. The molecule has 75 valence electrons. The van der Waals surface area contributed by atoms with Crippen LogP contribution in [0.5, 0.6) is 0 Å². The van der Waals surface area contributed by atoms with Crippen LogP contribution in [0.2, 0.25) is 0 Å². The molecule has 0 aliphatic carbocycles. The third-order valence-electron chi connectivity index (χ3n) is 0.939. The molecule has 0 spiro atoms. The predicted octanol–water partition coefficient (Wildman–Crippen LogP) is 0.177. The van der Waals surface area contributed by atoms with Crippen molar-refractivity contribution in [2.75, 3.05) is 12.8 Å². The molecule has 0 saturated carbocycles. The Morgan fingerprint density at radius 2 is 1.62 bits per heavy atom. The number of hydrogen-bond donors (Lipinski definition) is 0. The van der Waals surface area contributed by atoms with Crippen molar-refractivity contribution in [2.24, 2.45) is 0 Å². The predicted molar refractivity (Wildman–Crippen MR) is 45.8 cm³/mol. The van der Waals surface area contributed by atoms with Crippen molar-refractivity contribution in [1.29, 1.82) is 0 Å². The Kier molecular flexibility index (Phi) is 6.16. The van der Waals surface area contributed by atoms with Gasteiger partial charge in [-0.3, -0.25) is 9.59 Å². The lowest BCUT2D eigenvalue weighted by molar-refractivity contribution is -0.138. The molecule has 0 aliphatic rings. The summed E-state index contributed by atoms with van der Waals surface area (Å²) in [6.45, 7) is 4.83. The summed E-state index contributed by atoms with van der Waals surface area (Å²) < 4.78 is 14.5. The highest BCUT2D eigenvalue weighted by atomic mass is 28.3. The van der Waals surface area contributed by atoms with Crippen LogP contribution in [-0.4, -0.2) is 34.1 Å². The summed E-state index contributed by atoms with van der Waals surface area (Å²) in [6.07, 6.45) is 0.167. The average Bonchev–Trinajstić information content (AvgIpc) is 1.98. The first-order valence-corrected chi connectivity index (χ1v) is 5.39. The molecule has 0 heterocycles. The molecule has 13 heavy (non-hydrogen) atoms. The standard InChI is InChI=1S/C7H13O5Si/c1-4-10-5-13(11-6(2)8)12-7(3)9/h4-5H2,1-3H3. The molecule has 0 aromatic rings. The van der Waals surface area contributed by atoms with Gasteiger partial charge in [-0.05, 0) is 6.92 Å². The number of ether oxygens (including phenoxy) is 1. The van der Waals surface area contributed by atoms with Crippen LogP contribution in [0.15, 0.2) is 0 Å². The van der Waals surface area contributed by atoms with Gasteiger partial charge in [-0.25, -0.2) is 0 Å². The molecule has 0 aromatic carbocycles. The highest BCUT2D eigenvalue weighted by Gasteiger charge is 2.23. The van der Waals surface area contributed by atoms with E-state index < -0.39 is 21.2 Å². The smallest absolute Gasteiger partial charge is 0.482 e. The molecular weight excluding hydrogens is 192 g/mol. The van der Waals surface area contributed by atoms with Crippen molar-refractivity contribution >= 4 is 21.2 Å². The molecule has 0 rings (SSSR count). The summed E-state index contributed by atoms with van der Waals surface area (Å²) in [5.41, 5.74) is 0. The molecule has 0 fully saturated rings. The monoisotopic (exact) mass is 205 g/mol. The lowest BCUT2D eigenvalue weighted by Crippen LogP contribution is -2.33. The van der Waals surface area contributed by atoms with Gasteiger partial charge < -0.3 is 13.6 Å². The van der Waals surface area contributed by atoms with Gasteiger partial charge >= 0.3 is 9.28 Å². The molecule has 1 radical (unpaired) electrons. The van der Waals surface area contributed by atoms with E-state index in [1.54, 1.807) is 6.92 Å². The first-order valence-electron chi connectivity index (χ1n) is 3.86. The molecular formula is C7H13O5Si. The van der Waals surface area contributed by atoms with Crippen LogP contribution in [0.3, 0.4) is 0 Å². The fourth-order valence-corrected chi connectivity index (χ4v) is 1.76. The van der Waals surface area contributed by atoms with E-state index in [1.807, 2.05) is 0 Å². The molecule has 0 unspecified atom stereocenters. The van der Waals surface area contributed by atoms with Gasteiger partial charge in [-0.2, -0.15) is 0 Å². The van der Waals surface area contributed by atoms with Gasteiger partial charge in [0.05, 0.1) is 0 Å². The summed E-state index contributed by atoms with van der Waals surface area (Å²) in [6, 6.07) is 0.